The van der Waals surface area contributed by atoms with Gasteiger partial charge in [0.2, 0.25) is 0 Å². The Hall–Kier alpha value is -3.68. The standard InChI is InChI=1S/C20H18N6O2/c1-28-14-4-6-21-16(9-14)18-5-7-26(18)20(27)17-8-12-2-3-15(24-19(12)25-17)13-10-22-23-11-13/h2-4,6,8-11,18H,5,7H2,1H3,(H,22,23)(H,24,25)/t18-/m1/s1. The number of carbonyl (C=O) groups is 1. The molecule has 8 heteroatoms. The third-order valence-corrected chi connectivity index (χ3v) is 5.11. The molecule has 0 aromatic carbocycles. The van der Waals surface area contributed by atoms with Crippen LogP contribution in [0.3, 0.4) is 0 Å². The first kappa shape index (κ1) is 16.5. The van der Waals surface area contributed by atoms with Crippen LogP contribution in [0.15, 0.2) is 48.9 Å². The number of methoxy groups -OCH3 is 1. The van der Waals surface area contributed by atoms with E-state index in [0.717, 1.165) is 34.5 Å². The highest BCUT2D eigenvalue weighted by Gasteiger charge is 2.35. The van der Waals surface area contributed by atoms with Crippen LogP contribution in [0.25, 0.3) is 22.3 Å². The molecule has 1 aliphatic rings. The zero-order valence-electron chi connectivity index (χ0n) is 15.2. The zero-order chi connectivity index (χ0) is 19.1. The van der Waals surface area contributed by atoms with Gasteiger partial charge in [-0.25, -0.2) is 4.98 Å². The van der Waals surface area contributed by atoms with Crippen molar-refractivity contribution in [1.29, 1.82) is 0 Å². The Balaban J connectivity index is 1.42. The maximum Gasteiger partial charge on any atom is 0.270 e. The number of pyridine rings is 2. The highest BCUT2D eigenvalue weighted by Crippen LogP contribution is 2.35. The summed E-state index contributed by atoms with van der Waals surface area (Å²) in [5, 5.41) is 7.63. The fraction of sp³-hybridized carbons (Fsp3) is 0.200. The van der Waals surface area contributed by atoms with E-state index in [1.54, 1.807) is 31.8 Å². The van der Waals surface area contributed by atoms with Crippen molar-refractivity contribution in [3.05, 3.63) is 60.3 Å². The van der Waals surface area contributed by atoms with Crippen LogP contribution in [0.5, 0.6) is 5.75 Å². The normalized spacial score (nSPS) is 16.2. The average Bonchev–Trinajstić information content (AvgIpc) is 3.36. The van der Waals surface area contributed by atoms with Crippen LogP contribution in [0.1, 0.15) is 28.6 Å². The maximum absolute atomic E-state index is 13.0. The third-order valence-electron chi connectivity index (χ3n) is 5.11. The van der Waals surface area contributed by atoms with Crippen LogP contribution in [0.2, 0.25) is 0 Å². The Kier molecular flexibility index (Phi) is 3.82. The van der Waals surface area contributed by atoms with Crippen LogP contribution in [0, 0.1) is 0 Å². The molecule has 0 saturated carbocycles. The zero-order valence-corrected chi connectivity index (χ0v) is 15.2. The lowest BCUT2D eigenvalue weighted by atomic mass is 9.98. The summed E-state index contributed by atoms with van der Waals surface area (Å²) in [6.07, 6.45) is 6.10. The summed E-state index contributed by atoms with van der Waals surface area (Å²) in [6, 6.07) is 9.36. The second-order valence-corrected chi connectivity index (χ2v) is 6.73. The van der Waals surface area contributed by atoms with Gasteiger partial charge in [-0.1, -0.05) is 0 Å². The number of hydrogen-bond acceptors (Lipinski definition) is 5. The molecule has 0 aliphatic carbocycles. The van der Waals surface area contributed by atoms with E-state index in [0.29, 0.717) is 17.9 Å². The molecular weight excluding hydrogens is 356 g/mol. The minimum absolute atomic E-state index is 0.0385. The molecule has 1 aliphatic heterocycles. The molecule has 1 fully saturated rings. The number of ether oxygens (including phenoxy) is 1. The fourth-order valence-corrected chi connectivity index (χ4v) is 3.50. The van der Waals surface area contributed by atoms with Crippen molar-refractivity contribution >= 4 is 16.9 Å². The van der Waals surface area contributed by atoms with Gasteiger partial charge in [0.05, 0.1) is 30.7 Å². The molecule has 0 radical (unpaired) electrons. The van der Waals surface area contributed by atoms with Crippen molar-refractivity contribution in [3.8, 4) is 17.0 Å². The number of rotatable bonds is 4. The summed E-state index contributed by atoms with van der Waals surface area (Å²) in [7, 11) is 1.62. The Morgan fingerprint density at radius 2 is 2.21 bits per heavy atom. The minimum atomic E-state index is -0.0521. The van der Waals surface area contributed by atoms with Gasteiger partial charge in [0.25, 0.3) is 5.91 Å². The fourth-order valence-electron chi connectivity index (χ4n) is 3.50. The lowest BCUT2D eigenvalue weighted by Gasteiger charge is -2.40. The Labute approximate surface area is 160 Å². The Morgan fingerprint density at radius 3 is 2.96 bits per heavy atom. The predicted molar refractivity (Wildman–Crippen MR) is 103 cm³/mol. The first-order valence-electron chi connectivity index (χ1n) is 9.03. The number of amides is 1. The molecule has 5 rings (SSSR count). The van der Waals surface area contributed by atoms with E-state index in [1.165, 1.54) is 0 Å². The van der Waals surface area contributed by atoms with Gasteiger partial charge in [0.1, 0.15) is 17.1 Å². The van der Waals surface area contributed by atoms with Crippen LogP contribution in [-0.2, 0) is 0 Å². The second-order valence-electron chi connectivity index (χ2n) is 6.73. The van der Waals surface area contributed by atoms with E-state index < -0.39 is 0 Å². The summed E-state index contributed by atoms with van der Waals surface area (Å²) >= 11 is 0. The molecule has 1 amide bonds. The number of aromatic nitrogens is 5. The molecule has 2 N–H and O–H groups in total. The molecule has 1 saturated heterocycles. The van der Waals surface area contributed by atoms with Crippen LogP contribution in [-0.4, -0.2) is 49.6 Å². The summed E-state index contributed by atoms with van der Waals surface area (Å²) in [5.74, 6) is 0.689. The number of aromatic amines is 2. The van der Waals surface area contributed by atoms with Gasteiger partial charge < -0.3 is 14.6 Å². The lowest BCUT2D eigenvalue weighted by Crippen LogP contribution is -2.45. The molecule has 4 aromatic heterocycles. The number of nitrogens with zero attached hydrogens (tertiary/aromatic N) is 4. The summed E-state index contributed by atoms with van der Waals surface area (Å²) < 4.78 is 5.27. The second kappa shape index (κ2) is 6.49. The van der Waals surface area contributed by atoms with Crippen LogP contribution >= 0.6 is 0 Å². The Morgan fingerprint density at radius 1 is 1.29 bits per heavy atom. The molecule has 1 atom stereocenters. The van der Waals surface area contributed by atoms with E-state index in [-0.39, 0.29) is 11.9 Å². The van der Waals surface area contributed by atoms with Crippen molar-refractivity contribution in [2.45, 2.75) is 12.5 Å². The number of nitrogens with one attached hydrogen (secondary N) is 2. The molecule has 0 bridgehead atoms. The van der Waals surface area contributed by atoms with Gasteiger partial charge in [-0.05, 0) is 30.7 Å². The van der Waals surface area contributed by atoms with Gasteiger partial charge >= 0.3 is 0 Å². The monoisotopic (exact) mass is 374 g/mol. The highest BCUT2D eigenvalue weighted by molar-refractivity contribution is 5.98. The predicted octanol–water partition coefficient (Wildman–Crippen LogP) is 2.94. The molecule has 28 heavy (non-hydrogen) atoms. The average molecular weight is 374 g/mol. The quantitative estimate of drug-likeness (QED) is 0.572. The summed E-state index contributed by atoms with van der Waals surface area (Å²) in [4.78, 5) is 27.0. The molecule has 0 spiro atoms. The molecule has 0 unspecified atom stereocenters. The van der Waals surface area contributed by atoms with Crippen molar-refractivity contribution in [3.63, 3.8) is 0 Å². The number of fused-ring (bicyclic) bond motifs is 1. The van der Waals surface area contributed by atoms with Crippen molar-refractivity contribution < 1.29 is 9.53 Å². The molecular formula is C20H18N6O2. The third kappa shape index (κ3) is 2.70. The highest BCUT2D eigenvalue weighted by atomic mass is 16.5. The molecule has 4 aromatic rings. The first-order chi connectivity index (χ1) is 13.7. The smallest absolute Gasteiger partial charge is 0.270 e. The lowest BCUT2D eigenvalue weighted by molar-refractivity contribution is 0.0445. The van der Waals surface area contributed by atoms with Crippen molar-refractivity contribution in [1.82, 2.24) is 30.0 Å². The number of likely N-dealkylation sites (tertiary alicyclic amines) is 1. The number of H-pyrrole nitrogens is 2. The van der Waals surface area contributed by atoms with Gasteiger partial charge in [0.15, 0.2) is 0 Å². The van der Waals surface area contributed by atoms with E-state index in [9.17, 15) is 4.79 Å². The van der Waals surface area contributed by atoms with Crippen LogP contribution in [0.4, 0.5) is 0 Å². The number of carbonyl (C=O) groups excluding carboxylic acids is 1. The Bertz CT molecular complexity index is 1150. The molecule has 5 heterocycles. The van der Waals surface area contributed by atoms with Crippen LogP contribution < -0.4 is 4.74 Å². The molecule has 8 nitrogen and oxygen atoms in total. The largest absolute Gasteiger partial charge is 0.497 e. The van der Waals surface area contributed by atoms with Gasteiger partial charge in [-0.3, -0.25) is 14.9 Å². The topological polar surface area (TPSA) is 99.8 Å². The first-order valence-corrected chi connectivity index (χ1v) is 9.03. The minimum Gasteiger partial charge on any atom is -0.497 e. The van der Waals surface area contributed by atoms with Gasteiger partial charge in [0, 0.05) is 36.0 Å². The SMILES string of the molecule is COc1ccnc([C@H]2CCN2C(=O)c2cc3ccc(-c4cn[nH]c4)nc3[nH]2)c1. The van der Waals surface area contributed by atoms with E-state index in [4.69, 9.17) is 4.74 Å². The maximum atomic E-state index is 13.0. The number of hydrogen-bond donors (Lipinski definition) is 2. The summed E-state index contributed by atoms with van der Waals surface area (Å²) in [5.41, 5.74) is 3.74. The van der Waals surface area contributed by atoms with E-state index in [1.807, 2.05) is 29.2 Å². The summed E-state index contributed by atoms with van der Waals surface area (Å²) in [6.45, 7) is 0.700. The van der Waals surface area contributed by atoms with Crippen molar-refractivity contribution in [2.24, 2.45) is 0 Å². The van der Waals surface area contributed by atoms with Crippen molar-refractivity contribution in [2.75, 3.05) is 13.7 Å². The van der Waals surface area contributed by atoms with E-state index in [2.05, 4.69) is 25.1 Å². The van der Waals surface area contributed by atoms with Gasteiger partial charge in [-0.15, -0.1) is 0 Å². The van der Waals surface area contributed by atoms with E-state index >= 15 is 0 Å². The molecule has 140 valence electrons. The van der Waals surface area contributed by atoms with Gasteiger partial charge in [-0.2, -0.15) is 5.10 Å².